The minimum Gasteiger partial charge on any atom is -0.378 e. The molecule has 0 aromatic carbocycles. The predicted octanol–water partition coefficient (Wildman–Crippen LogP) is -0.472. The van der Waals surface area contributed by atoms with Crippen molar-refractivity contribution in [3.8, 4) is 0 Å². The lowest BCUT2D eigenvalue weighted by Gasteiger charge is -2.12. The third kappa shape index (κ3) is 8.05. The van der Waals surface area contributed by atoms with Gasteiger partial charge in [-0.1, -0.05) is 15.9 Å². The SMILES string of the molecule is O=C(CBr)NCCOCCOCCC(=O)ON1C(=O)CCC1=O. The zero-order chi connectivity index (χ0) is 17.1. The number of ether oxygens (including phenoxy) is 2. The Bertz CT molecular complexity index is 428. The summed E-state index contributed by atoms with van der Waals surface area (Å²) in [5.74, 6) is -1.83. The molecule has 130 valence electrons. The van der Waals surface area contributed by atoms with E-state index in [0.29, 0.717) is 24.8 Å². The van der Waals surface area contributed by atoms with E-state index in [1.807, 2.05) is 0 Å². The van der Waals surface area contributed by atoms with E-state index in [1.54, 1.807) is 0 Å². The molecule has 0 aromatic rings. The Labute approximate surface area is 141 Å². The predicted molar refractivity (Wildman–Crippen MR) is 80.2 cm³/mol. The molecule has 3 amide bonds. The topological polar surface area (TPSA) is 111 Å². The smallest absolute Gasteiger partial charge is 0.335 e. The van der Waals surface area contributed by atoms with Gasteiger partial charge in [-0.3, -0.25) is 14.4 Å². The van der Waals surface area contributed by atoms with Crippen molar-refractivity contribution in [2.24, 2.45) is 0 Å². The Morgan fingerprint density at radius 2 is 1.65 bits per heavy atom. The third-order valence-corrected chi connectivity index (χ3v) is 3.22. The molecule has 1 rings (SSSR count). The zero-order valence-electron chi connectivity index (χ0n) is 12.5. The van der Waals surface area contributed by atoms with Crippen LogP contribution in [0.4, 0.5) is 0 Å². The standard InChI is InChI=1S/C13H19BrN2O7/c14-9-10(17)15-4-6-22-8-7-21-5-3-13(20)23-16-11(18)1-2-12(16)19/h1-9H2,(H,15,17). The lowest BCUT2D eigenvalue weighted by atomic mass is 10.4. The second-order valence-electron chi connectivity index (χ2n) is 4.50. The van der Waals surface area contributed by atoms with E-state index in [-0.39, 0.29) is 43.7 Å². The number of carbonyl (C=O) groups is 4. The molecule has 0 spiro atoms. The van der Waals surface area contributed by atoms with Crippen LogP contribution < -0.4 is 5.32 Å². The van der Waals surface area contributed by atoms with Gasteiger partial charge in [0, 0.05) is 19.4 Å². The van der Waals surface area contributed by atoms with E-state index >= 15 is 0 Å². The molecule has 0 unspecified atom stereocenters. The van der Waals surface area contributed by atoms with Gasteiger partial charge in [0.25, 0.3) is 11.8 Å². The molecule has 9 nitrogen and oxygen atoms in total. The van der Waals surface area contributed by atoms with E-state index in [1.165, 1.54) is 0 Å². The van der Waals surface area contributed by atoms with Crippen LogP contribution in [0.5, 0.6) is 0 Å². The lowest BCUT2D eigenvalue weighted by Crippen LogP contribution is -2.32. The monoisotopic (exact) mass is 394 g/mol. The summed E-state index contributed by atoms with van der Waals surface area (Å²) >= 11 is 3.02. The van der Waals surface area contributed by atoms with E-state index in [2.05, 4.69) is 26.1 Å². The van der Waals surface area contributed by atoms with Gasteiger partial charge in [0.2, 0.25) is 5.91 Å². The highest BCUT2D eigenvalue weighted by atomic mass is 79.9. The fraction of sp³-hybridized carbons (Fsp3) is 0.692. The van der Waals surface area contributed by atoms with E-state index < -0.39 is 17.8 Å². The molecule has 1 saturated heterocycles. The second-order valence-corrected chi connectivity index (χ2v) is 5.06. The summed E-state index contributed by atoms with van der Waals surface area (Å²) < 4.78 is 10.4. The largest absolute Gasteiger partial charge is 0.378 e. The van der Waals surface area contributed by atoms with Gasteiger partial charge in [0.1, 0.15) is 0 Å². The number of hydroxylamine groups is 2. The first kappa shape index (κ1) is 19.5. The van der Waals surface area contributed by atoms with Crippen LogP contribution in [0.15, 0.2) is 0 Å². The normalized spacial score (nSPS) is 14.2. The van der Waals surface area contributed by atoms with Crippen molar-refractivity contribution in [1.82, 2.24) is 10.4 Å². The molecular weight excluding hydrogens is 376 g/mol. The van der Waals surface area contributed by atoms with Gasteiger partial charge >= 0.3 is 5.97 Å². The Morgan fingerprint density at radius 3 is 2.26 bits per heavy atom. The molecule has 1 aliphatic rings. The third-order valence-electron chi connectivity index (χ3n) is 2.71. The Balaban J connectivity index is 1.94. The van der Waals surface area contributed by atoms with Crippen LogP contribution in [0.3, 0.4) is 0 Å². The molecule has 0 bridgehead atoms. The van der Waals surface area contributed by atoms with Crippen molar-refractivity contribution in [2.45, 2.75) is 19.3 Å². The summed E-state index contributed by atoms with van der Waals surface area (Å²) in [5, 5.41) is 3.38. The van der Waals surface area contributed by atoms with E-state index in [0.717, 1.165) is 0 Å². The molecule has 1 N–H and O–H groups in total. The summed E-state index contributed by atoms with van der Waals surface area (Å²) in [6.07, 6.45) is 0.0600. The number of hydrogen-bond donors (Lipinski definition) is 1. The number of imide groups is 1. The van der Waals surface area contributed by atoms with Crippen molar-refractivity contribution >= 4 is 39.6 Å². The molecule has 1 heterocycles. The minimum absolute atomic E-state index is 0.0655. The van der Waals surface area contributed by atoms with Crippen molar-refractivity contribution in [3.63, 3.8) is 0 Å². The number of halogens is 1. The number of carbonyl (C=O) groups excluding carboxylic acids is 4. The van der Waals surface area contributed by atoms with E-state index in [9.17, 15) is 19.2 Å². The van der Waals surface area contributed by atoms with Gasteiger partial charge in [-0.15, -0.1) is 5.06 Å². The number of hydrogen-bond acceptors (Lipinski definition) is 7. The van der Waals surface area contributed by atoms with Crippen LogP contribution >= 0.6 is 15.9 Å². The molecule has 0 aromatic heterocycles. The molecule has 23 heavy (non-hydrogen) atoms. The number of alkyl halides is 1. The van der Waals surface area contributed by atoms with Gasteiger partial charge in [-0.25, -0.2) is 4.79 Å². The fourth-order valence-corrected chi connectivity index (χ4v) is 1.79. The first-order valence-corrected chi connectivity index (χ1v) is 8.21. The van der Waals surface area contributed by atoms with Crippen LogP contribution in [0.25, 0.3) is 0 Å². The molecule has 0 radical (unpaired) electrons. The number of amides is 3. The summed E-state index contributed by atoms with van der Waals surface area (Å²) in [5.41, 5.74) is 0. The molecule has 10 heteroatoms. The van der Waals surface area contributed by atoms with Crippen LogP contribution in [-0.4, -0.2) is 67.1 Å². The minimum atomic E-state index is -0.702. The molecule has 0 saturated carbocycles. The second kappa shape index (κ2) is 11.1. The van der Waals surface area contributed by atoms with Crippen molar-refractivity contribution < 1.29 is 33.5 Å². The van der Waals surface area contributed by atoms with Gasteiger partial charge < -0.3 is 19.6 Å². The molecule has 1 fully saturated rings. The number of nitrogens with one attached hydrogen (secondary N) is 1. The van der Waals surface area contributed by atoms with Gasteiger partial charge in [0.15, 0.2) is 0 Å². The first-order chi connectivity index (χ1) is 11.0. The quantitative estimate of drug-likeness (QED) is 0.286. The maximum atomic E-state index is 11.4. The van der Waals surface area contributed by atoms with Gasteiger partial charge in [0.05, 0.1) is 38.2 Å². The maximum Gasteiger partial charge on any atom is 0.335 e. The Hall–Kier alpha value is -1.52. The molecule has 1 aliphatic heterocycles. The average Bonchev–Trinajstić information content (AvgIpc) is 2.84. The van der Waals surface area contributed by atoms with Crippen molar-refractivity contribution in [1.29, 1.82) is 0 Å². The Morgan fingerprint density at radius 1 is 1.04 bits per heavy atom. The summed E-state index contributed by atoms with van der Waals surface area (Å²) in [6, 6.07) is 0. The van der Waals surface area contributed by atoms with Crippen molar-refractivity contribution in [3.05, 3.63) is 0 Å². The lowest BCUT2D eigenvalue weighted by molar-refractivity contribution is -0.198. The first-order valence-electron chi connectivity index (χ1n) is 7.09. The average molecular weight is 395 g/mol. The van der Waals surface area contributed by atoms with Crippen LogP contribution in [-0.2, 0) is 33.5 Å². The molecule has 0 atom stereocenters. The van der Waals surface area contributed by atoms with Crippen LogP contribution in [0.2, 0.25) is 0 Å². The molecule has 0 aliphatic carbocycles. The highest BCUT2D eigenvalue weighted by Crippen LogP contribution is 2.12. The molecular formula is C13H19BrN2O7. The summed E-state index contributed by atoms with van der Waals surface area (Å²) in [7, 11) is 0. The Kier molecular flexibility index (Phi) is 9.41. The summed E-state index contributed by atoms with van der Waals surface area (Å²) in [6.45, 7) is 1.47. The van der Waals surface area contributed by atoms with Gasteiger partial charge in [-0.05, 0) is 0 Å². The maximum absolute atomic E-state index is 11.4. The van der Waals surface area contributed by atoms with Crippen molar-refractivity contribution in [2.75, 3.05) is 38.3 Å². The van der Waals surface area contributed by atoms with E-state index in [4.69, 9.17) is 9.47 Å². The van der Waals surface area contributed by atoms with Gasteiger partial charge in [-0.2, -0.15) is 0 Å². The number of rotatable bonds is 11. The highest BCUT2D eigenvalue weighted by Gasteiger charge is 2.32. The zero-order valence-corrected chi connectivity index (χ0v) is 14.1. The summed E-state index contributed by atoms with van der Waals surface area (Å²) in [4.78, 5) is 49.5. The number of nitrogens with zero attached hydrogens (tertiary/aromatic N) is 1. The fourth-order valence-electron chi connectivity index (χ4n) is 1.59. The van der Waals surface area contributed by atoms with Crippen LogP contribution in [0.1, 0.15) is 19.3 Å². The highest BCUT2D eigenvalue weighted by molar-refractivity contribution is 9.09. The van der Waals surface area contributed by atoms with Crippen LogP contribution in [0, 0.1) is 0 Å².